The fourth-order valence-electron chi connectivity index (χ4n) is 1.56. The van der Waals surface area contributed by atoms with Gasteiger partial charge in [-0.1, -0.05) is 43.0 Å². The van der Waals surface area contributed by atoms with Gasteiger partial charge in [-0.05, 0) is 30.4 Å². The minimum Gasteiger partial charge on any atom is -0.494 e. The highest BCUT2D eigenvalue weighted by molar-refractivity contribution is 8.01. The first kappa shape index (κ1) is 15.8. The Bertz CT molecular complexity index is 601. The van der Waals surface area contributed by atoms with E-state index in [0.717, 1.165) is 16.5 Å². The molecule has 0 saturated heterocycles. The summed E-state index contributed by atoms with van der Waals surface area (Å²) in [5, 5.41) is 11.2. The van der Waals surface area contributed by atoms with Gasteiger partial charge in [-0.15, -0.1) is 10.2 Å². The van der Waals surface area contributed by atoms with Crippen LogP contribution in [0, 0.1) is 0 Å². The third-order valence-electron chi connectivity index (χ3n) is 2.46. The Morgan fingerprint density at radius 3 is 3.00 bits per heavy atom. The Hall–Kier alpha value is -1.60. The zero-order valence-corrected chi connectivity index (χ0v) is 13.6. The van der Waals surface area contributed by atoms with Crippen LogP contribution in [0.25, 0.3) is 0 Å². The van der Waals surface area contributed by atoms with Crippen molar-refractivity contribution in [1.29, 1.82) is 0 Å². The summed E-state index contributed by atoms with van der Waals surface area (Å²) in [4.78, 5) is 12.2. The quantitative estimate of drug-likeness (QED) is 0.622. The highest BCUT2D eigenvalue weighted by Crippen LogP contribution is 2.25. The standard InChI is InChI=1S/C14H17N3O2S2/c1-3-8-19-11-7-5-6-10(9-11)12(18)15-13-16-17-14(21-13)20-4-2/h5-7,9H,3-4,8H2,1-2H3,(H,15,16,18). The molecular weight excluding hydrogens is 306 g/mol. The van der Waals surface area contributed by atoms with Crippen molar-refractivity contribution in [1.82, 2.24) is 10.2 Å². The monoisotopic (exact) mass is 323 g/mol. The number of carbonyl (C=O) groups excluding carboxylic acids is 1. The number of carbonyl (C=O) groups is 1. The number of nitrogens with one attached hydrogen (secondary N) is 1. The molecule has 1 aromatic carbocycles. The van der Waals surface area contributed by atoms with Crippen molar-refractivity contribution in [2.24, 2.45) is 0 Å². The first-order chi connectivity index (χ1) is 10.2. The molecule has 0 spiro atoms. The molecule has 112 valence electrons. The minimum absolute atomic E-state index is 0.207. The van der Waals surface area contributed by atoms with Gasteiger partial charge in [0.15, 0.2) is 4.34 Å². The molecule has 0 aliphatic heterocycles. The van der Waals surface area contributed by atoms with Crippen molar-refractivity contribution in [2.75, 3.05) is 17.7 Å². The molecule has 2 aromatic rings. The molecule has 7 heteroatoms. The van der Waals surface area contributed by atoms with Crippen LogP contribution in [0.5, 0.6) is 5.75 Å². The highest BCUT2D eigenvalue weighted by atomic mass is 32.2. The van der Waals surface area contributed by atoms with Crippen LogP contribution in [0.15, 0.2) is 28.6 Å². The van der Waals surface area contributed by atoms with Crippen LogP contribution in [0.4, 0.5) is 5.13 Å². The fourth-order valence-corrected chi connectivity index (χ4v) is 3.20. The summed E-state index contributed by atoms with van der Waals surface area (Å²) >= 11 is 2.98. The zero-order valence-electron chi connectivity index (χ0n) is 12.0. The van der Waals surface area contributed by atoms with Gasteiger partial charge in [0.25, 0.3) is 5.91 Å². The first-order valence-corrected chi connectivity index (χ1v) is 8.53. The van der Waals surface area contributed by atoms with Crippen LogP contribution in [0.3, 0.4) is 0 Å². The van der Waals surface area contributed by atoms with Gasteiger partial charge in [-0.2, -0.15) is 0 Å². The predicted octanol–water partition coefficient (Wildman–Crippen LogP) is 3.69. The van der Waals surface area contributed by atoms with E-state index in [4.69, 9.17) is 4.74 Å². The van der Waals surface area contributed by atoms with E-state index < -0.39 is 0 Å². The molecule has 1 N–H and O–H groups in total. The second-order valence-electron chi connectivity index (χ2n) is 4.14. The lowest BCUT2D eigenvalue weighted by Gasteiger charge is -2.06. The van der Waals surface area contributed by atoms with E-state index in [0.29, 0.717) is 23.1 Å². The summed E-state index contributed by atoms with van der Waals surface area (Å²) in [6.45, 7) is 4.73. The summed E-state index contributed by atoms with van der Waals surface area (Å²) in [6, 6.07) is 7.12. The van der Waals surface area contributed by atoms with E-state index in [9.17, 15) is 4.79 Å². The lowest BCUT2D eigenvalue weighted by molar-refractivity contribution is 0.102. The van der Waals surface area contributed by atoms with Crippen LogP contribution in [0.2, 0.25) is 0 Å². The number of hydrogen-bond donors (Lipinski definition) is 1. The Kier molecular flexibility index (Phi) is 6.01. The Balaban J connectivity index is 2.01. The van der Waals surface area contributed by atoms with Crippen molar-refractivity contribution in [2.45, 2.75) is 24.6 Å². The molecule has 1 amide bonds. The molecule has 0 saturated carbocycles. The van der Waals surface area contributed by atoms with Gasteiger partial charge < -0.3 is 4.74 Å². The molecule has 0 radical (unpaired) electrons. The number of benzene rings is 1. The van der Waals surface area contributed by atoms with Crippen molar-refractivity contribution < 1.29 is 9.53 Å². The van der Waals surface area contributed by atoms with Crippen molar-refractivity contribution >= 4 is 34.1 Å². The molecule has 1 heterocycles. The van der Waals surface area contributed by atoms with Gasteiger partial charge >= 0.3 is 0 Å². The highest BCUT2D eigenvalue weighted by Gasteiger charge is 2.11. The summed E-state index contributed by atoms with van der Waals surface area (Å²) in [6.07, 6.45) is 0.930. The largest absolute Gasteiger partial charge is 0.494 e. The summed E-state index contributed by atoms with van der Waals surface area (Å²) in [7, 11) is 0. The lowest BCUT2D eigenvalue weighted by Crippen LogP contribution is -2.11. The van der Waals surface area contributed by atoms with Crippen LogP contribution < -0.4 is 10.1 Å². The Morgan fingerprint density at radius 1 is 1.38 bits per heavy atom. The van der Waals surface area contributed by atoms with E-state index >= 15 is 0 Å². The fraction of sp³-hybridized carbons (Fsp3) is 0.357. The number of anilines is 1. The smallest absolute Gasteiger partial charge is 0.257 e. The number of rotatable bonds is 7. The van der Waals surface area contributed by atoms with E-state index in [1.807, 2.05) is 19.9 Å². The van der Waals surface area contributed by atoms with Gasteiger partial charge in [0, 0.05) is 5.56 Å². The minimum atomic E-state index is -0.207. The van der Waals surface area contributed by atoms with E-state index in [1.165, 1.54) is 11.3 Å². The molecule has 0 bridgehead atoms. The third kappa shape index (κ3) is 4.71. The number of thioether (sulfide) groups is 1. The molecule has 0 aliphatic rings. The lowest BCUT2D eigenvalue weighted by atomic mass is 10.2. The van der Waals surface area contributed by atoms with Crippen LogP contribution in [-0.2, 0) is 0 Å². The topological polar surface area (TPSA) is 64.1 Å². The van der Waals surface area contributed by atoms with E-state index in [1.54, 1.807) is 30.0 Å². The Labute approximate surface area is 132 Å². The second kappa shape index (κ2) is 7.99. The zero-order chi connectivity index (χ0) is 15.1. The number of nitrogens with zero attached hydrogens (tertiary/aromatic N) is 2. The van der Waals surface area contributed by atoms with Crippen LogP contribution in [-0.4, -0.2) is 28.5 Å². The normalized spacial score (nSPS) is 10.4. The van der Waals surface area contributed by atoms with Gasteiger partial charge in [0.1, 0.15) is 5.75 Å². The number of ether oxygens (including phenoxy) is 1. The molecule has 21 heavy (non-hydrogen) atoms. The van der Waals surface area contributed by atoms with Crippen LogP contribution in [0.1, 0.15) is 30.6 Å². The first-order valence-electron chi connectivity index (χ1n) is 6.73. The number of aromatic nitrogens is 2. The maximum atomic E-state index is 12.2. The summed E-state index contributed by atoms with van der Waals surface area (Å²) in [5.74, 6) is 1.42. The molecule has 0 atom stereocenters. The maximum Gasteiger partial charge on any atom is 0.257 e. The molecule has 1 aromatic heterocycles. The Morgan fingerprint density at radius 2 is 2.24 bits per heavy atom. The van der Waals surface area contributed by atoms with Crippen molar-refractivity contribution in [3.8, 4) is 5.75 Å². The van der Waals surface area contributed by atoms with Crippen molar-refractivity contribution in [3.63, 3.8) is 0 Å². The molecule has 0 aliphatic carbocycles. The summed E-state index contributed by atoms with van der Waals surface area (Å²) < 4.78 is 6.38. The predicted molar refractivity (Wildman–Crippen MR) is 86.5 cm³/mol. The number of hydrogen-bond acceptors (Lipinski definition) is 6. The SMILES string of the molecule is CCCOc1cccc(C(=O)Nc2nnc(SCC)s2)c1. The third-order valence-corrected chi connectivity index (χ3v) is 4.32. The van der Waals surface area contributed by atoms with E-state index in [-0.39, 0.29) is 5.91 Å². The molecule has 0 unspecified atom stereocenters. The number of amides is 1. The molecule has 2 rings (SSSR count). The van der Waals surface area contributed by atoms with Crippen LogP contribution >= 0.6 is 23.1 Å². The molecule has 5 nitrogen and oxygen atoms in total. The van der Waals surface area contributed by atoms with Gasteiger partial charge in [-0.3, -0.25) is 10.1 Å². The molecule has 0 fully saturated rings. The van der Waals surface area contributed by atoms with Gasteiger partial charge in [0.2, 0.25) is 5.13 Å². The summed E-state index contributed by atoms with van der Waals surface area (Å²) in [5.41, 5.74) is 0.545. The average molecular weight is 323 g/mol. The second-order valence-corrected chi connectivity index (χ2v) is 6.63. The van der Waals surface area contributed by atoms with Gasteiger partial charge in [0.05, 0.1) is 6.61 Å². The maximum absolute atomic E-state index is 12.2. The average Bonchev–Trinajstić information content (AvgIpc) is 2.93. The van der Waals surface area contributed by atoms with E-state index in [2.05, 4.69) is 15.5 Å². The van der Waals surface area contributed by atoms with Crippen molar-refractivity contribution in [3.05, 3.63) is 29.8 Å². The molecular formula is C14H17N3O2S2. The van der Waals surface area contributed by atoms with Gasteiger partial charge in [-0.25, -0.2) is 0 Å².